The van der Waals surface area contributed by atoms with E-state index in [0.29, 0.717) is 19.6 Å². The number of hydrogen-bond donors (Lipinski definition) is 2. The standard InChI is InChI=1S/C28H36N4O5/c1-18(26(35)31-15-20-13-21(17-31)23-11-8-12-24(33)32(23)16-20)29-25(34)22(14-19-9-6-5-7-10-19)30-27(36)37-28(2,3)4/h5-12,18,20-22H,13-17H2,1-4H3,(H,29,34)(H,30,36). The molecule has 2 N–H and O–H groups in total. The number of nitrogens with one attached hydrogen (secondary N) is 2. The van der Waals surface area contributed by atoms with Crippen LogP contribution in [0, 0.1) is 5.92 Å². The normalized spacial score (nSPS) is 20.3. The molecule has 3 heterocycles. The molecular formula is C28H36N4O5. The van der Waals surface area contributed by atoms with Crippen molar-refractivity contribution >= 4 is 17.9 Å². The lowest BCUT2D eigenvalue weighted by atomic mass is 9.83. The zero-order valence-corrected chi connectivity index (χ0v) is 21.9. The molecule has 2 aliphatic rings. The Hall–Kier alpha value is -3.62. The molecule has 2 aromatic rings. The van der Waals surface area contributed by atoms with Crippen LogP contribution in [0.2, 0.25) is 0 Å². The summed E-state index contributed by atoms with van der Waals surface area (Å²) < 4.78 is 7.18. The summed E-state index contributed by atoms with van der Waals surface area (Å²) in [5, 5.41) is 5.47. The number of benzene rings is 1. The average molecular weight is 509 g/mol. The van der Waals surface area contributed by atoms with Crippen molar-refractivity contribution in [3.63, 3.8) is 0 Å². The Morgan fingerprint density at radius 2 is 1.73 bits per heavy atom. The van der Waals surface area contributed by atoms with Gasteiger partial charge in [-0.3, -0.25) is 14.4 Å². The van der Waals surface area contributed by atoms with Crippen LogP contribution in [0.1, 0.15) is 51.3 Å². The molecule has 0 radical (unpaired) electrons. The van der Waals surface area contributed by atoms with Crippen LogP contribution in [0.15, 0.2) is 53.3 Å². The fraction of sp³-hybridized carbons (Fsp3) is 0.500. The smallest absolute Gasteiger partial charge is 0.408 e. The van der Waals surface area contributed by atoms with E-state index in [-0.39, 0.29) is 29.7 Å². The molecule has 4 atom stereocenters. The molecule has 9 heteroatoms. The highest BCUT2D eigenvalue weighted by Gasteiger charge is 2.38. The van der Waals surface area contributed by atoms with Crippen molar-refractivity contribution in [1.82, 2.24) is 20.1 Å². The maximum atomic E-state index is 13.4. The predicted octanol–water partition coefficient (Wildman–Crippen LogP) is 2.43. The molecule has 1 fully saturated rings. The number of aromatic nitrogens is 1. The number of fused-ring (bicyclic) bond motifs is 4. The first-order valence-corrected chi connectivity index (χ1v) is 12.8. The molecule has 3 amide bonds. The number of alkyl carbamates (subject to hydrolysis) is 1. The van der Waals surface area contributed by atoms with Crippen molar-refractivity contribution < 1.29 is 19.1 Å². The molecule has 9 nitrogen and oxygen atoms in total. The van der Waals surface area contributed by atoms with Crippen LogP contribution in [0.5, 0.6) is 0 Å². The van der Waals surface area contributed by atoms with Crippen molar-refractivity contribution in [2.24, 2.45) is 5.92 Å². The van der Waals surface area contributed by atoms with Gasteiger partial charge in [0.25, 0.3) is 5.56 Å². The second-order valence-electron chi connectivity index (χ2n) is 11.1. The van der Waals surface area contributed by atoms with Crippen LogP contribution in [0.4, 0.5) is 4.79 Å². The molecule has 2 aliphatic heterocycles. The molecule has 4 rings (SSSR count). The minimum atomic E-state index is -0.910. The third-order valence-electron chi connectivity index (χ3n) is 6.81. The summed E-state index contributed by atoms with van der Waals surface area (Å²) in [6.07, 6.45) is 0.499. The van der Waals surface area contributed by atoms with Gasteiger partial charge in [0.05, 0.1) is 0 Å². The molecule has 0 aliphatic carbocycles. The largest absolute Gasteiger partial charge is 0.444 e. The number of piperidine rings is 1. The van der Waals surface area contributed by atoms with Crippen LogP contribution in [-0.2, 0) is 27.3 Å². The molecule has 198 valence electrons. The first-order valence-electron chi connectivity index (χ1n) is 12.8. The van der Waals surface area contributed by atoms with E-state index in [1.165, 1.54) is 0 Å². The average Bonchev–Trinajstić information content (AvgIpc) is 2.83. The molecule has 0 spiro atoms. The van der Waals surface area contributed by atoms with E-state index in [4.69, 9.17) is 4.74 Å². The van der Waals surface area contributed by atoms with Gasteiger partial charge in [0.1, 0.15) is 17.7 Å². The summed E-state index contributed by atoms with van der Waals surface area (Å²) in [5.41, 5.74) is 1.12. The molecule has 1 aromatic heterocycles. The second kappa shape index (κ2) is 10.8. The summed E-state index contributed by atoms with van der Waals surface area (Å²) in [4.78, 5) is 53.1. The van der Waals surface area contributed by atoms with Gasteiger partial charge in [-0.25, -0.2) is 4.79 Å². The van der Waals surface area contributed by atoms with Gasteiger partial charge in [-0.05, 0) is 51.7 Å². The summed E-state index contributed by atoms with van der Waals surface area (Å²) in [5.74, 6) is -0.346. The summed E-state index contributed by atoms with van der Waals surface area (Å²) in [6, 6.07) is 13.0. The number of amides is 3. The SMILES string of the molecule is CC(NC(=O)C(Cc1ccccc1)NC(=O)OC(C)(C)C)C(=O)N1CC2CC(C1)c1cccc(=O)n1C2. The van der Waals surface area contributed by atoms with Gasteiger partial charge in [0, 0.05) is 43.7 Å². The second-order valence-corrected chi connectivity index (χ2v) is 11.1. The van der Waals surface area contributed by atoms with Gasteiger partial charge < -0.3 is 24.8 Å². The summed E-state index contributed by atoms with van der Waals surface area (Å²) in [6.45, 7) is 8.56. The first-order chi connectivity index (χ1) is 17.5. The Morgan fingerprint density at radius 3 is 2.43 bits per heavy atom. The lowest BCUT2D eigenvalue weighted by Crippen LogP contribution is -2.57. The number of ether oxygens (including phenoxy) is 1. The minimum absolute atomic E-state index is 0.00504. The van der Waals surface area contributed by atoms with Crippen LogP contribution >= 0.6 is 0 Å². The van der Waals surface area contributed by atoms with E-state index in [1.54, 1.807) is 44.7 Å². The molecular weight excluding hydrogens is 472 g/mol. The van der Waals surface area contributed by atoms with Gasteiger partial charge in [-0.2, -0.15) is 0 Å². The number of rotatable bonds is 6. The molecule has 37 heavy (non-hydrogen) atoms. The van der Waals surface area contributed by atoms with Gasteiger partial charge in [-0.1, -0.05) is 36.4 Å². The van der Waals surface area contributed by atoms with Crippen LogP contribution in [-0.4, -0.2) is 58.1 Å². The number of pyridine rings is 1. The molecule has 4 unspecified atom stereocenters. The fourth-order valence-electron chi connectivity index (χ4n) is 5.23. The van der Waals surface area contributed by atoms with Crippen molar-refractivity contribution in [2.75, 3.05) is 13.1 Å². The number of likely N-dealkylation sites (tertiary alicyclic amines) is 1. The fourth-order valence-corrected chi connectivity index (χ4v) is 5.23. The van der Waals surface area contributed by atoms with Gasteiger partial charge >= 0.3 is 6.09 Å². The first kappa shape index (κ1) is 26.4. The zero-order valence-electron chi connectivity index (χ0n) is 21.9. The van der Waals surface area contributed by atoms with Gasteiger partial charge in [0.15, 0.2) is 0 Å². The Balaban J connectivity index is 1.43. The Kier molecular flexibility index (Phi) is 7.71. The van der Waals surface area contributed by atoms with E-state index in [0.717, 1.165) is 17.7 Å². The molecule has 1 aromatic carbocycles. The van der Waals surface area contributed by atoms with Gasteiger partial charge in [-0.15, -0.1) is 0 Å². The Morgan fingerprint density at radius 1 is 1.00 bits per heavy atom. The Labute approximate surface area is 217 Å². The maximum Gasteiger partial charge on any atom is 0.408 e. The number of carbonyl (C=O) groups is 3. The highest BCUT2D eigenvalue weighted by Crippen LogP contribution is 2.35. The monoisotopic (exact) mass is 508 g/mol. The third-order valence-corrected chi connectivity index (χ3v) is 6.81. The van der Waals surface area contributed by atoms with E-state index >= 15 is 0 Å². The highest BCUT2D eigenvalue weighted by atomic mass is 16.6. The molecule has 2 bridgehead atoms. The zero-order chi connectivity index (χ0) is 26.7. The lowest BCUT2D eigenvalue weighted by molar-refractivity contribution is -0.138. The van der Waals surface area contributed by atoms with E-state index in [9.17, 15) is 19.2 Å². The van der Waals surface area contributed by atoms with Gasteiger partial charge in [0.2, 0.25) is 11.8 Å². The number of nitrogens with zero attached hydrogens (tertiary/aromatic N) is 2. The van der Waals surface area contributed by atoms with E-state index in [1.807, 2.05) is 41.0 Å². The summed E-state index contributed by atoms with van der Waals surface area (Å²) >= 11 is 0. The number of hydrogen-bond acceptors (Lipinski definition) is 5. The van der Waals surface area contributed by atoms with E-state index < -0.39 is 29.7 Å². The van der Waals surface area contributed by atoms with Crippen molar-refractivity contribution in [3.05, 3.63) is 70.1 Å². The molecule has 1 saturated heterocycles. The topological polar surface area (TPSA) is 110 Å². The number of carbonyl (C=O) groups excluding carboxylic acids is 3. The minimum Gasteiger partial charge on any atom is -0.444 e. The Bertz CT molecular complexity index is 1200. The van der Waals surface area contributed by atoms with Crippen molar-refractivity contribution in [3.8, 4) is 0 Å². The van der Waals surface area contributed by atoms with Crippen LogP contribution in [0.25, 0.3) is 0 Å². The molecule has 0 saturated carbocycles. The summed E-state index contributed by atoms with van der Waals surface area (Å²) in [7, 11) is 0. The van der Waals surface area contributed by atoms with Crippen molar-refractivity contribution in [2.45, 2.75) is 70.7 Å². The maximum absolute atomic E-state index is 13.4. The van der Waals surface area contributed by atoms with E-state index in [2.05, 4.69) is 10.6 Å². The highest BCUT2D eigenvalue weighted by molar-refractivity contribution is 5.91. The quantitative estimate of drug-likeness (QED) is 0.623. The third kappa shape index (κ3) is 6.58. The lowest BCUT2D eigenvalue weighted by Gasteiger charge is -2.43. The predicted molar refractivity (Wildman–Crippen MR) is 139 cm³/mol. The van der Waals surface area contributed by atoms with Crippen molar-refractivity contribution in [1.29, 1.82) is 0 Å². The van der Waals surface area contributed by atoms with Crippen LogP contribution in [0.3, 0.4) is 0 Å². The van der Waals surface area contributed by atoms with Crippen LogP contribution < -0.4 is 16.2 Å².